The van der Waals surface area contributed by atoms with E-state index in [-0.39, 0.29) is 5.91 Å². The molecular formula is C15H19NO5S. The van der Waals surface area contributed by atoms with Gasteiger partial charge in [-0.25, -0.2) is 4.79 Å². The van der Waals surface area contributed by atoms with Crippen LogP contribution in [0.1, 0.15) is 16.8 Å². The average molecular weight is 325 g/mol. The number of carboxylic acids is 1. The van der Waals surface area contributed by atoms with Crippen molar-refractivity contribution < 1.29 is 24.2 Å². The number of nitrogens with one attached hydrogen (secondary N) is 1. The number of ether oxygens (including phenoxy) is 2. The van der Waals surface area contributed by atoms with Crippen LogP contribution in [-0.4, -0.2) is 54.4 Å². The molecule has 0 aliphatic carbocycles. The maximum atomic E-state index is 12.2. The van der Waals surface area contributed by atoms with Crippen LogP contribution in [0.5, 0.6) is 5.75 Å². The zero-order valence-electron chi connectivity index (χ0n) is 12.3. The van der Waals surface area contributed by atoms with Crippen molar-refractivity contribution in [2.45, 2.75) is 12.0 Å². The largest absolute Gasteiger partial charge is 0.491 e. The lowest BCUT2D eigenvalue weighted by Gasteiger charge is -2.24. The summed E-state index contributed by atoms with van der Waals surface area (Å²) in [7, 11) is 1.59. The summed E-state index contributed by atoms with van der Waals surface area (Å²) < 4.78 is 10.3. The molecule has 1 aliphatic rings. The Balaban J connectivity index is 1.99. The number of methoxy groups -OCH3 is 1. The maximum absolute atomic E-state index is 12.2. The molecule has 0 saturated carbocycles. The fourth-order valence-electron chi connectivity index (χ4n) is 2.12. The zero-order valence-corrected chi connectivity index (χ0v) is 13.1. The van der Waals surface area contributed by atoms with Crippen molar-refractivity contribution in [2.24, 2.45) is 0 Å². The number of hydrogen-bond donors (Lipinski definition) is 2. The fraction of sp³-hybridized carbons (Fsp3) is 0.467. The molecule has 1 aliphatic heterocycles. The van der Waals surface area contributed by atoms with Crippen LogP contribution in [0.3, 0.4) is 0 Å². The quantitative estimate of drug-likeness (QED) is 0.737. The monoisotopic (exact) mass is 325 g/mol. The first-order valence-electron chi connectivity index (χ1n) is 6.93. The third kappa shape index (κ3) is 3.92. The van der Waals surface area contributed by atoms with Crippen LogP contribution in [0.25, 0.3) is 0 Å². The highest BCUT2D eigenvalue weighted by molar-refractivity contribution is 7.99. The van der Waals surface area contributed by atoms with Crippen molar-refractivity contribution in [1.29, 1.82) is 0 Å². The van der Waals surface area contributed by atoms with E-state index in [4.69, 9.17) is 9.47 Å². The van der Waals surface area contributed by atoms with Gasteiger partial charge in [0.2, 0.25) is 0 Å². The highest BCUT2D eigenvalue weighted by Crippen LogP contribution is 2.28. The molecule has 1 heterocycles. The van der Waals surface area contributed by atoms with Crippen molar-refractivity contribution in [3.8, 4) is 5.75 Å². The zero-order chi connectivity index (χ0) is 16.0. The van der Waals surface area contributed by atoms with E-state index in [0.717, 1.165) is 5.75 Å². The molecular weight excluding hydrogens is 306 g/mol. The Hall–Kier alpha value is -1.73. The van der Waals surface area contributed by atoms with Crippen LogP contribution >= 0.6 is 11.8 Å². The maximum Gasteiger partial charge on any atom is 0.330 e. The van der Waals surface area contributed by atoms with Gasteiger partial charge in [0.25, 0.3) is 5.91 Å². The van der Waals surface area contributed by atoms with Crippen molar-refractivity contribution in [3.05, 3.63) is 29.8 Å². The number of rotatable bonds is 7. The Labute approximate surface area is 133 Å². The van der Waals surface area contributed by atoms with Gasteiger partial charge in [-0.1, -0.05) is 0 Å². The molecule has 1 unspecified atom stereocenters. The molecule has 1 aromatic carbocycles. The SMILES string of the molecule is COCCOc1ccc(C(=O)NC2(C(=O)O)CCSC2)cc1. The van der Waals surface area contributed by atoms with Crippen LogP contribution in [0, 0.1) is 0 Å². The summed E-state index contributed by atoms with van der Waals surface area (Å²) in [5.41, 5.74) is -0.744. The van der Waals surface area contributed by atoms with Crippen molar-refractivity contribution in [2.75, 3.05) is 31.8 Å². The molecule has 1 atom stereocenters. The third-order valence-electron chi connectivity index (χ3n) is 3.46. The number of amides is 1. The van der Waals surface area contributed by atoms with Gasteiger partial charge < -0.3 is 19.9 Å². The lowest BCUT2D eigenvalue weighted by molar-refractivity contribution is -0.143. The second kappa shape index (κ2) is 7.51. The normalized spacial score (nSPS) is 20.6. The molecule has 2 N–H and O–H groups in total. The van der Waals surface area contributed by atoms with E-state index in [0.29, 0.717) is 36.7 Å². The molecule has 0 aromatic heterocycles. The van der Waals surface area contributed by atoms with Crippen LogP contribution in [-0.2, 0) is 9.53 Å². The lowest BCUT2D eigenvalue weighted by atomic mass is 9.98. The summed E-state index contributed by atoms with van der Waals surface area (Å²) in [5.74, 6) is 0.405. The third-order valence-corrected chi connectivity index (χ3v) is 4.65. The number of thioether (sulfide) groups is 1. The summed E-state index contributed by atoms with van der Waals surface area (Å²) >= 11 is 1.53. The molecule has 0 radical (unpaired) electrons. The molecule has 1 fully saturated rings. The Morgan fingerprint density at radius 3 is 2.59 bits per heavy atom. The molecule has 7 heteroatoms. The molecule has 0 spiro atoms. The van der Waals surface area contributed by atoms with Crippen molar-refractivity contribution in [3.63, 3.8) is 0 Å². The van der Waals surface area contributed by atoms with Gasteiger partial charge in [0.05, 0.1) is 6.61 Å². The number of carbonyl (C=O) groups excluding carboxylic acids is 1. The van der Waals surface area contributed by atoms with Gasteiger partial charge in [-0.3, -0.25) is 4.79 Å². The Kier molecular flexibility index (Phi) is 5.68. The molecule has 120 valence electrons. The van der Waals surface area contributed by atoms with Gasteiger partial charge in [0, 0.05) is 18.4 Å². The Morgan fingerprint density at radius 2 is 2.05 bits per heavy atom. The van der Waals surface area contributed by atoms with Crippen LogP contribution in [0.4, 0.5) is 0 Å². The summed E-state index contributed by atoms with van der Waals surface area (Å²) in [6.45, 7) is 0.919. The van der Waals surface area contributed by atoms with E-state index in [1.54, 1.807) is 31.4 Å². The van der Waals surface area contributed by atoms with Gasteiger partial charge in [0.15, 0.2) is 0 Å². The number of carboxylic acid groups (broad SMARTS) is 1. The molecule has 1 saturated heterocycles. The molecule has 1 aromatic rings. The summed E-state index contributed by atoms with van der Waals surface area (Å²) in [4.78, 5) is 23.7. The predicted octanol–water partition coefficient (Wildman–Crippen LogP) is 1.40. The first-order chi connectivity index (χ1) is 10.6. The average Bonchev–Trinajstić information content (AvgIpc) is 2.98. The Morgan fingerprint density at radius 1 is 1.32 bits per heavy atom. The molecule has 1 amide bonds. The molecule has 2 rings (SSSR count). The molecule has 0 bridgehead atoms. The Bertz CT molecular complexity index is 525. The predicted molar refractivity (Wildman–Crippen MR) is 83.6 cm³/mol. The number of carbonyl (C=O) groups is 2. The van der Waals surface area contributed by atoms with Crippen LogP contribution < -0.4 is 10.1 Å². The van der Waals surface area contributed by atoms with Crippen LogP contribution in [0.2, 0.25) is 0 Å². The van der Waals surface area contributed by atoms with E-state index < -0.39 is 11.5 Å². The molecule has 6 nitrogen and oxygen atoms in total. The van der Waals surface area contributed by atoms with E-state index in [1.165, 1.54) is 11.8 Å². The smallest absolute Gasteiger partial charge is 0.330 e. The number of hydrogen-bond acceptors (Lipinski definition) is 5. The first-order valence-corrected chi connectivity index (χ1v) is 8.08. The van der Waals surface area contributed by atoms with Gasteiger partial charge in [-0.15, -0.1) is 0 Å². The minimum absolute atomic E-state index is 0.381. The topological polar surface area (TPSA) is 84.9 Å². The highest BCUT2D eigenvalue weighted by Gasteiger charge is 2.43. The van der Waals surface area contributed by atoms with Gasteiger partial charge >= 0.3 is 5.97 Å². The second-order valence-corrected chi connectivity index (χ2v) is 6.11. The van der Waals surface area contributed by atoms with Gasteiger partial charge in [0.1, 0.15) is 17.9 Å². The summed E-state index contributed by atoms with van der Waals surface area (Å²) in [6.07, 6.45) is 0.441. The lowest BCUT2D eigenvalue weighted by Crippen LogP contribution is -2.54. The number of aliphatic carboxylic acids is 1. The minimum Gasteiger partial charge on any atom is -0.491 e. The first kappa shape index (κ1) is 16.6. The summed E-state index contributed by atoms with van der Waals surface area (Å²) in [5, 5.41) is 12.0. The van der Waals surface area contributed by atoms with E-state index >= 15 is 0 Å². The number of benzene rings is 1. The second-order valence-electron chi connectivity index (χ2n) is 5.01. The minimum atomic E-state index is -1.16. The van der Waals surface area contributed by atoms with Crippen molar-refractivity contribution in [1.82, 2.24) is 5.32 Å². The van der Waals surface area contributed by atoms with Crippen LogP contribution in [0.15, 0.2) is 24.3 Å². The highest BCUT2D eigenvalue weighted by atomic mass is 32.2. The van der Waals surface area contributed by atoms with E-state index in [1.807, 2.05) is 0 Å². The van der Waals surface area contributed by atoms with E-state index in [2.05, 4.69) is 5.32 Å². The standard InChI is InChI=1S/C15H19NO5S/c1-20-7-8-21-12-4-2-11(3-5-12)13(17)16-15(14(18)19)6-9-22-10-15/h2-5H,6-10H2,1H3,(H,16,17)(H,18,19). The van der Waals surface area contributed by atoms with E-state index in [9.17, 15) is 14.7 Å². The van der Waals surface area contributed by atoms with Gasteiger partial charge in [-0.05, 0) is 36.4 Å². The van der Waals surface area contributed by atoms with Gasteiger partial charge in [-0.2, -0.15) is 11.8 Å². The summed E-state index contributed by atoms with van der Waals surface area (Å²) in [6, 6.07) is 6.60. The van der Waals surface area contributed by atoms with Crippen molar-refractivity contribution >= 4 is 23.6 Å². The molecule has 22 heavy (non-hydrogen) atoms. The fourth-order valence-corrected chi connectivity index (χ4v) is 3.45.